The zero-order valence-electron chi connectivity index (χ0n) is 12.3. The highest BCUT2D eigenvalue weighted by molar-refractivity contribution is 5.79. The Morgan fingerprint density at radius 3 is 2.68 bits per heavy atom. The number of likely N-dealkylation sites (tertiary alicyclic amines) is 1. The Kier molecular flexibility index (Phi) is 4.44. The second-order valence-electron chi connectivity index (χ2n) is 5.72. The number of hydrogen-bond donors (Lipinski definition) is 1. The molecule has 2 aromatic rings. The lowest BCUT2D eigenvalue weighted by atomic mass is 9.97. The molecule has 3 heterocycles. The highest BCUT2D eigenvalue weighted by Crippen LogP contribution is 2.22. The molecule has 2 aromatic heterocycles. The van der Waals surface area contributed by atoms with E-state index in [0.717, 1.165) is 17.5 Å². The van der Waals surface area contributed by atoms with Crippen molar-refractivity contribution >= 4 is 5.91 Å². The molecule has 114 valence electrons. The first kappa shape index (κ1) is 14.7. The summed E-state index contributed by atoms with van der Waals surface area (Å²) in [7, 11) is 0. The van der Waals surface area contributed by atoms with Gasteiger partial charge in [-0.25, -0.2) is 0 Å². The van der Waals surface area contributed by atoms with Gasteiger partial charge in [-0.05, 0) is 35.7 Å². The average molecular weight is 297 g/mol. The summed E-state index contributed by atoms with van der Waals surface area (Å²) in [6.07, 6.45) is 7.54. The molecule has 0 spiro atoms. The average Bonchev–Trinajstić information content (AvgIpc) is 2.90. The van der Waals surface area contributed by atoms with Gasteiger partial charge in [-0.3, -0.25) is 14.8 Å². The van der Waals surface area contributed by atoms with Gasteiger partial charge in [-0.15, -0.1) is 0 Å². The van der Waals surface area contributed by atoms with Gasteiger partial charge in [0.2, 0.25) is 5.91 Å². The number of pyridine rings is 2. The van der Waals surface area contributed by atoms with Gasteiger partial charge in [0.05, 0.1) is 12.5 Å². The second kappa shape index (κ2) is 6.66. The van der Waals surface area contributed by atoms with Crippen molar-refractivity contribution in [1.82, 2.24) is 14.9 Å². The molecular weight excluding hydrogens is 278 g/mol. The van der Waals surface area contributed by atoms with Gasteiger partial charge in [0.15, 0.2) is 0 Å². The minimum Gasteiger partial charge on any atom is -0.391 e. The van der Waals surface area contributed by atoms with Crippen molar-refractivity contribution in [1.29, 1.82) is 0 Å². The normalized spacial score (nSPS) is 21.0. The quantitative estimate of drug-likeness (QED) is 0.917. The zero-order chi connectivity index (χ0) is 15.4. The SMILES string of the molecule is O=C(Cc1cccnc1)N1C[C@@H](Cc2ccncc2)[C@@H](O)C1. The van der Waals surface area contributed by atoms with Crippen LogP contribution in [0.1, 0.15) is 11.1 Å². The molecule has 1 fully saturated rings. The number of rotatable bonds is 4. The molecule has 0 aliphatic carbocycles. The minimum atomic E-state index is -0.467. The van der Waals surface area contributed by atoms with Gasteiger partial charge in [-0.2, -0.15) is 0 Å². The third-order valence-corrected chi connectivity index (χ3v) is 4.08. The van der Waals surface area contributed by atoms with Crippen molar-refractivity contribution in [2.75, 3.05) is 13.1 Å². The fraction of sp³-hybridized carbons (Fsp3) is 0.353. The molecule has 0 radical (unpaired) electrons. The van der Waals surface area contributed by atoms with Crippen LogP contribution in [0.5, 0.6) is 0 Å². The summed E-state index contributed by atoms with van der Waals surface area (Å²) in [4.78, 5) is 22.1. The third kappa shape index (κ3) is 3.49. The van der Waals surface area contributed by atoms with Crippen LogP contribution in [-0.2, 0) is 17.6 Å². The van der Waals surface area contributed by atoms with Crippen LogP contribution in [0, 0.1) is 5.92 Å². The maximum Gasteiger partial charge on any atom is 0.227 e. The Labute approximate surface area is 129 Å². The molecule has 1 aliphatic rings. The van der Waals surface area contributed by atoms with E-state index in [2.05, 4.69) is 9.97 Å². The van der Waals surface area contributed by atoms with Crippen molar-refractivity contribution in [3.8, 4) is 0 Å². The van der Waals surface area contributed by atoms with Crippen LogP contribution in [0.4, 0.5) is 0 Å². The Morgan fingerprint density at radius 1 is 1.14 bits per heavy atom. The number of nitrogens with zero attached hydrogens (tertiary/aromatic N) is 3. The minimum absolute atomic E-state index is 0.0456. The molecule has 0 saturated carbocycles. The molecule has 1 aliphatic heterocycles. The third-order valence-electron chi connectivity index (χ3n) is 4.08. The molecule has 2 atom stereocenters. The predicted molar refractivity (Wildman–Crippen MR) is 82.0 cm³/mol. The van der Waals surface area contributed by atoms with Crippen molar-refractivity contribution in [2.24, 2.45) is 5.92 Å². The summed E-state index contributed by atoms with van der Waals surface area (Å²) < 4.78 is 0. The van der Waals surface area contributed by atoms with Crippen LogP contribution >= 0.6 is 0 Å². The van der Waals surface area contributed by atoms with E-state index in [1.807, 2.05) is 24.3 Å². The Balaban J connectivity index is 1.59. The molecule has 5 nitrogen and oxygen atoms in total. The van der Waals surface area contributed by atoms with Crippen LogP contribution in [-0.4, -0.2) is 45.1 Å². The van der Waals surface area contributed by atoms with E-state index in [-0.39, 0.29) is 11.8 Å². The van der Waals surface area contributed by atoms with E-state index in [0.29, 0.717) is 19.5 Å². The first-order valence-corrected chi connectivity index (χ1v) is 7.46. The van der Waals surface area contributed by atoms with E-state index >= 15 is 0 Å². The van der Waals surface area contributed by atoms with Gasteiger partial charge < -0.3 is 10.0 Å². The Hall–Kier alpha value is -2.27. The maximum absolute atomic E-state index is 12.3. The number of carbonyl (C=O) groups is 1. The fourth-order valence-corrected chi connectivity index (χ4v) is 2.87. The lowest BCUT2D eigenvalue weighted by Crippen LogP contribution is -2.31. The van der Waals surface area contributed by atoms with Gasteiger partial charge in [-0.1, -0.05) is 6.07 Å². The molecular formula is C17H19N3O2. The van der Waals surface area contributed by atoms with Crippen LogP contribution < -0.4 is 0 Å². The van der Waals surface area contributed by atoms with Crippen LogP contribution in [0.2, 0.25) is 0 Å². The second-order valence-corrected chi connectivity index (χ2v) is 5.72. The summed E-state index contributed by atoms with van der Waals surface area (Å²) in [5.41, 5.74) is 2.04. The summed E-state index contributed by atoms with van der Waals surface area (Å²) in [5.74, 6) is 0.129. The topological polar surface area (TPSA) is 66.3 Å². The molecule has 0 aromatic carbocycles. The monoisotopic (exact) mass is 297 g/mol. The fourth-order valence-electron chi connectivity index (χ4n) is 2.87. The van der Waals surface area contributed by atoms with E-state index in [1.165, 1.54) is 0 Å². The van der Waals surface area contributed by atoms with E-state index in [9.17, 15) is 9.90 Å². The summed E-state index contributed by atoms with van der Waals surface area (Å²) >= 11 is 0. The van der Waals surface area contributed by atoms with Gasteiger partial charge in [0.25, 0.3) is 0 Å². The number of amides is 1. The summed E-state index contributed by atoms with van der Waals surface area (Å²) in [5, 5.41) is 10.2. The zero-order valence-corrected chi connectivity index (χ0v) is 12.3. The number of β-amino-alcohol motifs (C(OH)–C–C–N with tert-alkyl or cyclic N) is 1. The lowest BCUT2D eigenvalue weighted by Gasteiger charge is -2.16. The lowest BCUT2D eigenvalue weighted by molar-refractivity contribution is -0.129. The van der Waals surface area contributed by atoms with E-state index in [1.54, 1.807) is 29.7 Å². The first-order valence-electron chi connectivity index (χ1n) is 7.46. The van der Waals surface area contributed by atoms with E-state index in [4.69, 9.17) is 0 Å². The summed E-state index contributed by atoms with van der Waals surface area (Å²) in [6.45, 7) is 1.01. The van der Waals surface area contributed by atoms with Gasteiger partial charge >= 0.3 is 0 Å². The maximum atomic E-state index is 12.3. The number of aromatic nitrogens is 2. The molecule has 1 amide bonds. The molecule has 0 bridgehead atoms. The Morgan fingerprint density at radius 2 is 1.95 bits per heavy atom. The van der Waals surface area contributed by atoms with Crippen molar-refractivity contribution < 1.29 is 9.90 Å². The molecule has 5 heteroatoms. The van der Waals surface area contributed by atoms with E-state index < -0.39 is 6.10 Å². The molecule has 0 unspecified atom stereocenters. The van der Waals surface area contributed by atoms with Crippen molar-refractivity contribution in [3.63, 3.8) is 0 Å². The highest BCUT2D eigenvalue weighted by atomic mass is 16.3. The number of carbonyl (C=O) groups excluding carboxylic acids is 1. The highest BCUT2D eigenvalue weighted by Gasteiger charge is 2.33. The molecule has 1 saturated heterocycles. The van der Waals surface area contributed by atoms with Crippen molar-refractivity contribution in [2.45, 2.75) is 18.9 Å². The molecule has 1 N–H and O–H groups in total. The Bertz CT molecular complexity index is 618. The van der Waals surface area contributed by atoms with Gasteiger partial charge in [0.1, 0.15) is 0 Å². The van der Waals surface area contributed by atoms with Gasteiger partial charge in [0, 0.05) is 43.8 Å². The van der Waals surface area contributed by atoms with Crippen molar-refractivity contribution in [3.05, 3.63) is 60.2 Å². The largest absolute Gasteiger partial charge is 0.391 e. The van der Waals surface area contributed by atoms with Crippen LogP contribution in [0.3, 0.4) is 0 Å². The summed E-state index contributed by atoms with van der Waals surface area (Å²) in [6, 6.07) is 7.62. The number of aliphatic hydroxyl groups is 1. The first-order chi connectivity index (χ1) is 10.7. The smallest absolute Gasteiger partial charge is 0.227 e. The molecule has 22 heavy (non-hydrogen) atoms. The predicted octanol–water partition coefficient (Wildman–Crippen LogP) is 1.08. The number of hydrogen-bond acceptors (Lipinski definition) is 4. The molecule has 3 rings (SSSR count). The van der Waals surface area contributed by atoms with Crippen LogP contribution in [0.25, 0.3) is 0 Å². The number of aliphatic hydroxyl groups excluding tert-OH is 1. The van der Waals surface area contributed by atoms with Crippen LogP contribution in [0.15, 0.2) is 49.1 Å². The standard InChI is InChI=1S/C17H19N3O2/c21-16-12-20(17(22)9-14-2-1-5-19-10-14)11-15(16)8-13-3-6-18-7-4-13/h1-7,10,15-16,21H,8-9,11-12H2/t15-,16+/m1/s1.